The van der Waals surface area contributed by atoms with Crippen molar-refractivity contribution in [1.82, 2.24) is 5.09 Å². The molecule has 1 atom stereocenters. The highest BCUT2D eigenvalue weighted by molar-refractivity contribution is 7.50. The number of hydrogen-bond acceptors (Lipinski definition) is 2. The van der Waals surface area contributed by atoms with Gasteiger partial charge in [-0.05, 0) is 13.5 Å². The van der Waals surface area contributed by atoms with E-state index in [1.54, 1.807) is 0 Å². The van der Waals surface area contributed by atoms with Crippen molar-refractivity contribution in [2.24, 2.45) is 0 Å². The third-order valence-electron chi connectivity index (χ3n) is 1.05. The van der Waals surface area contributed by atoms with Gasteiger partial charge >= 0.3 is 7.75 Å². The van der Waals surface area contributed by atoms with Crippen molar-refractivity contribution in [3.63, 3.8) is 0 Å². The molecular formula is C5H14NO3P. The fourth-order valence-electron chi connectivity index (χ4n) is 0.397. The SMILES string of the molecule is CCCCOP(=O)(O)NC. The van der Waals surface area contributed by atoms with Crippen LogP contribution in [-0.4, -0.2) is 18.5 Å². The Balaban J connectivity index is 3.38. The van der Waals surface area contributed by atoms with Crippen LogP contribution in [0.4, 0.5) is 0 Å². The molecule has 0 saturated carbocycles. The van der Waals surface area contributed by atoms with Gasteiger partial charge in [-0.2, -0.15) is 0 Å². The average molecular weight is 167 g/mol. The zero-order valence-corrected chi connectivity index (χ0v) is 7.23. The lowest BCUT2D eigenvalue weighted by Crippen LogP contribution is -2.05. The zero-order valence-electron chi connectivity index (χ0n) is 6.33. The Hall–Kier alpha value is 0.110. The molecule has 0 aromatic heterocycles. The Bertz CT molecular complexity index is 128. The van der Waals surface area contributed by atoms with E-state index in [0.717, 1.165) is 12.8 Å². The summed E-state index contributed by atoms with van der Waals surface area (Å²) in [6.45, 7) is 2.33. The molecule has 4 nitrogen and oxygen atoms in total. The van der Waals surface area contributed by atoms with E-state index < -0.39 is 7.75 Å². The highest BCUT2D eigenvalue weighted by Gasteiger charge is 2.13. The molecule has 62 valence electrons. The summed E-state index contributed by atoms with van der Waals surface area (Å²) >= 11 is 0. The molecule has 0 aliphatic carbocycles. The van der Waals surface area contributed by atoms with Gasteiger partial charge in [0.15, 0.2) is 0 Å². The molecule has 0 rings (SSSR count). The van der Waals surface area contributed by atoms with E-state index in [1.165, 1.54) is 7.05 Å². The molecule has 0 fully saturated rings. The van der Waals surface area contributed by atoms with Crippen LogP contribution in [0, 0.1) is 0 Å². The first kappa shape index (κ1) is 10.1. The Morgan fingerprint density at radius 1 is 1.70 bits per heavy atom. The third kappa shape index (κ3) is 4.94. The molecule has 0 bridgehead atoms. The standard InChI is InChI=1S/C5H14NO3P/c1-3-4-5-9-10(7,8)6-2/h3-5H2,1-2H3,(H2,6,7,8). The van der Waals surface area contributed by atoms with Crippen molar-refractivity contribution < 1.29 is 14.0 Å². The number of nitrogens with one attached hydrogen (secondary N) is 1. The monoisotopic (exact) mass is 167 g/mol. The molecule has 10 heavy (non-hydrogen) atoms. The van der Waals surface area contributed by atoms with Gasteiger partial charge in [0.2, 0.25) is 0 Å². The first-order chi connectivity index (χ1) is 4.62. The quantitative estimate of drug-likeness (QED) is 0.476. The number of rotatable bonds is 5. The van der Waals surface area contributed by atoms with Crippen LogP contribution >= 0.6 is 7.75 Å². The van der Waals surface area contributed by atoms with Crippen molar-refractivity contribution in [2.45, 2.75) is 19.8 Å². The largest absolute Gasteiger partial charge is 0.402 e. The molecule has 0 amide bonds. The second kappa shape index (κ2) is 4.85. The predicted molar refractivity (Wildman–Crippen MR) is 39.7 cm³/mol. The first-order valence-corrected chi connectivity index (χ1v) is 4.86. The van der Waals surface area contributed by atoms with Gasteiger partial charge in [-0.15, -0.1) is 0 Å². The van der Waals surface area contributed by atoms with Gasteiger partial charge in [-0.1, -0.05) is 13.3 Å². The minimum absolute atomic E-state index is 0.338. The Labute approximate surface area is 61.2 Å². The van der Waals surface area contributed by atoms with Crippen LogP contribution in [-0.2, 0) is 9.09 Å². The molecule has 0 aromatic rings. The van der Waals surface area contributed by atoms with Crippen molar-refractivity contribution in [3.05, 3.63) is 0 Å². The Morgan fingerprint density at radius 3 is 2.70 bits per heavy atom. The van der Waals surface area contributed by atoms with Crippen LogP contribution in [0.15, 0.2) is 0 Å². The summed E-state index contributed by atoms with van der Waals surface area (Å²) in [5, 5.41) is 2.19. The van der Waals surface area contributed by atoms with Crippen LogP contribution in [0.25, 0.3) is 0 Å². The molecule has 0 aliphatic rings. The summed E-state index contributed by atoms with van der Waals surface area (Å²) in [5.74, 6) is 0. The molecule has 0 radical (unpaired) electrons. The summed E-state index contributed by atoms with van der Waals surface area (Å²) < 4.78 is 15.3. The third-order valence-corrected chi connectivity index (χ3v) is 2.14. The zero-order chi connectivity index (χ0) is 8.04. The number of unbranched alkanes of at least 4 members (excludes halogenated alkanes) is 1. The normalized spacial score (nSPS) is 16.7. The molecule has 0 aromatic carbocycles. The smallest absolute Gasteiger partial charge is 0.312 e. The van der Waals surface area contributed by atoms with Crippen LogP contribution < -0.4 is 5.09 Å². The highest BCUT2D eigenvalue weighted by Crippen LogP contribution is 2.35. The van der Waals surface area contributed by atoms with Gasteiger partial charge in [0.05, 0.1) is 6.61 Å². The van der Waals surface area contributed by atoms with E-state index in [1.807, 2.05) is 6.92 Å². The Morgan fingerprint density at radius 2 is 2.30 bits per heavy atom. The van der Waals surface area contributed by atoms with E-state index in [4.69, 9.17) is 4.89 Å². The highest BCUT2D eigenvalue weighted by atomic mass is 31.2. The van der Waals surface area contributed by atoms with Gasteiger partial charge in [0.25, 0.3) is 0 Å². The molecule has 5 heteroatoms. The molecule has 1 unspecified atom stereocenters. The van der Waals surface area contributed by atoms with Crippen LogP contribution in [0.1, 0.15) is 19.8 Å². The molecule has 0 spiro atoms. The molecule has 0 aliphatic heterocycles. The molecule has 0 heterocycles. The minimum Gasteiger partial charge on any atom is -0.312 e. The average Bonchev–Trinajstić information content (AvgIpc) is 1.89. The maximum Gasteiger partial charge on any atom is 0.402 e. The van der Waals surface area contributed by atoms with E-state index >= 15 is 0 Å². The minimum atomic E-state index is -3.45. The maximum atomic E-state index is 10.7. The number of hydrogen-bond donors (Lipinski definition) is 2. The summed E-state index contributed by atoms with van der Waals surface area (Å²) in [5.41, 5.74) is 0. The summed E-state index contributed by atoms with van der Waals surface area (Å²) in [6, 6.07) is 0. The Kier molecular flexibility index (Phi) is 4.91. The van der Waals surface area contributed by atoms with Crippen molar-refractivity contribution in [3.8, 4) is 0 Å². The topological polar surface area (TPSA) is 58.6 Å². The van der Waals surface area contributed by atoms with Gasteiger partial charge in [-0.3, -0.25) is 4.52 Å². The molecule has 0 saturated heterocycles. The van der Waals surface area contributed by atoms with Crippen LogP contribution in [0.2, 0.25) is 0 Å². The fraction of sp³-hybridized carbons (Fsp3) is 1.00. The van der Waals surface area contributed by atoms with E-state index in [0.29, 0.717) is 6.61 Å². The van der Waals surface area contributed by atoms with Crippen LogP contribution in [0.3, 0.4) is 0 Å². The molecular weight excluding hydrogens is 153 g/mol. The van der Waals surface area contributed by atoms with Crippen molar-refractivity contribution >= 4 is 7.75 Å². The molecule has 2 N–H and O–H groups in total. The van der Waals surface area contributed by atoms with Gasteiger partial charge in [-0.25, -0.2) is 9.65 Å². The second-order valence-corrected chi connectivity index (χ2v) is 3.68. The van der Waals surface area contributed by atoms with Gasteiger partial charge in [0, 0.05) is 0 Å². The van der Waals surface area contributed by atoms with Crippen LogP contribution in [0.5, 0.6) is 0 Å². The second-order valence-electron chi connectivity index (χ2n) is 1.93. The van der Waals surface area contributed by atoms with E-state index in [9.17, 15) is 4.57 Å². The lowest BCUT2D eigenvalue weighted by atomic mass is 10.4. The summed E-state index contributed by atoms with van der Waals surface area (Å²) in [7, 11) is -2.06. The predicted octanol–water partition coefficient (Wildman–Crippen LogP) is 1.12. The van der Waals surface area contributed by atoms with Crippen molar-refractivity contribution in [1.29, 1.82) is 0 Å². The van der Waals surface area contributed by atoms with E-state index in [-0.39, 0.29) is 0 Å². The fourth-order valence-corrected chi connectivity index (χ4v) is 0.903. The summed E-state index contributed by atoms with van der Waals surface area (Å²) in [6.07, 6.45) is 1.77. The van der Waals surface area contributed by atoms with Crippen molar-refractivity contribution in [2.75, 3.05) is 13.7 Å². The summed E-state index contributed by atoms with van der Waals surface area (Å²) in [4.78, 5) is 8.77. The van der Waals surface area contributed by atoms with Gasteiger partial charge in [0.1, 0.15) is 0 Å². The van der Waals surface area contributed by atoms with Gasteiger partial charge < -0.3 is 4.89 Å². The maximum absolute atomic E-state index is 10.7. The lowest BCUT2D eigenvalue weighted by Gasteiger charge is -2.08. The van der Waals surface area contributed by atoms with E-state index in [2.05, 4.69) is 9.61 Å². The first-order valence-electron chi connectivity index (χ1n) is 3.28. The lowest BCUT2D eigenvalue weighted by molar-refractivity contribution is 0.248.